The largest absolute Gasteiger partial charge is 0.327 e. The number of aryl methyl sites for hydroxylation is 1. The van der Waals surface area contributed by atoms with E-state index in [-0.39, 0.29) is 12.4 Å². The van der Waals surface area contributed by atoms with Gasteiger partial charge in [-0.1, -0.05) is 11.6 Å². The number of aromatic nitrogens is 2. The van der Waals surface area contributed by atoms with Gasteiger partial charge >= 0.3 is 0 Å². The summed E-state index contributed by atoms with van der Waals surface area (Å²) >= 11 is 6.06. The number of hydrogen-bond donors (Lipinski definition) is 1. The first kappa shape index (κ1) is 13.8. The molecule has 16 heavy (non-hydrogen) atoms. The van der Waals surface area contributed by atoms with Gasteiger partial charge < -0.3 is 5.73 Å². The molecule has 0 amide bonds. The van der Waals surface area contributed by atoms with Crippen LogP contribution in [0.1, 0.15) is 18.5 Å². The number of nitrogens with two attached hydrogens (primary N) is 1. The van der Waals surface area contributed by atoms with E-state index in [2.05, 4.69) is 10.00 Å². The van der Waals surface area contributed by atoms with Gasteiger partial charge in [-0.3, -0.25) is 9.58 Å². The highest BCUT2D eigenvalue weighted by Gasteiger charge is 2.18. The first-order valence-corrected chi connectivity index (χ1v) is 5.69. The maximum Gasteiger partial charge on any atom is 0.0831 e. The summed E-state index contributed by atoms with van der Waals surface area (Å²) in [7, 11) is 1.92. The van der Waals surface area contributed by atoms with E-state index in [4.69, 9.17) is 17.3 Å². The lowest BCUT2D eigenvalue weighted by molar-refractivity contribution is 0.197. The third kappa shape index (κ3) is 3.10. The van der Waals surface area contributed by atoms with Crippen LogP contribution in [0, 0.1) is 0 Å². The van der Waals surface area contributed by atoms with Gasteiger partial charge in [-0.05, 0) is 19.4 Å². The van der Waals surface area contributed by atoms with E-state index in [1.807, 2.05) is 11.7 Å². The van der Waals surface area contributed by atoms with Crippen molar-refractivity contribution < 1.29 is 0 Å². The van der Waals surface area contributed by atoms with Gasteiger partial charge in [0.15, 0.2) is 0 Å². The van der Waals surface area contributed by atoms with E-state index in [1.165, 1.54) is 6.42 Å². The second-order valence-electron chi connectivity index (χ2n) is 4.20. The van der Waals surface area contributed by atoms with E-state index in [1.54, 1.807) is 6.20 Å². The Balaban J connectivity index is 0.00000128. The normalized spacial score (nSPS) is 21.8. The molecule has 1 aromatic rings. The summed E-state index contributed by atoms with van der Waals surface area (Å²) in [6.45, 7) is 2.92. The molecule has 2 rings (SSSR count). The van der Waals surface area contributed by atoms with Gasteiger partial charge in [-0.25, -0.2) is 0 Å². The summed E-state index contributed by atoms with van der Waals surface area (Å²) in [6.07, 6.45) is 4.01. The van der Waals surface area contributed by atoms with Crippen molar-refractivity contribution in [2.24, 2.45) is 12.8 Å². The maximum absolute atomic E-state index is 6.06. The Labute approximate surface area is 107 Å². The summed E-state index contributed by atoms with van der Waals surface area (Å²) in [5.74, 6) is 0. The highest BCUT2D eigenvalue weighted by atomic mass is 35.5. The molecule has 1 fully saturated rings. The molecule has 4 nitrogen and oxygen atoms in total. The van der Waals surface area contributed by atoms with Crippen LogP contribution >= 0.6 is 24.0 Å². The minimum absolute atomic E-state index is 0. The molecule has 92 valence electrons. The second kappa shape index (κ2) is 5.87. The van der Waals surface area contributed by atoms with Crippen molar-refractivity contribution >= 4 is 24.0 Å². The van der Waals surface area contributed by atoms with Gasteiger partial charge in [0.05, 0.1) is 16.9 Å². The zero-order valence-electron chi connectivity index (χ0n) is 9.40. The number of piperidine rings is 1. The van der Waals surface area contributed by atoms with Crippen LogP contribution in [0.3, 0.4) is 0 Å². The Morgan fingerprint density at radius 1 is 1.62 bits per heavy atom. The fraction of sp³-hybridized carbons (Fsp3) is 0.700. The first-order chi connectivity index (χ1) is 7.16. The van der Waals surface area contributed by atoms with Gasteiger partial charge in [-0.15, -0.1) is 12.4 Å². The average molecular weight is 265 g/mol. The number of halogens is 2. The Morgan fingerprint density at radius 2 is 2.38 bits per heavy atom. The lowest BCUT2D eigenvalue weighted by atomic mass is 10.1. The third-order valence-electron chi connectivity index (χ3n) is 2.93. The molecule has 0 saturated carbocycles. The Hall–Kier alpha value is -0.290. The zero-order chi connectivity index (χ0) is 10.8. The van der Waals surface area contributed by atoms with Gasteiger partial charge in [0.25, 0.3) is 0 Å². The molecule has 1 aromatic heterocycles. The molecular weight excluding hydrogens is 247 g/mol. The number of nitrogens with zero attached hydrogens (tertiary/aromatic N) is 3. The Morgan fingerprint density at radius 3 is 2.94 bits per heavy atom. The molecule has 0 unspecified atom stereocenters. The standard InChI is InChI=1S/C10H17ClN4.ClH/c1-14-10(9(11)5-13-14)7-15-4-2-3-8(12)6-15;/h5,8H,2-4,6-7,12H2,1H3;1H/t8-;/m1./s1. The minimum atomic E-state index is 0. The van der Waals surface area contributed by atoms with Crippen LogP contribution in [0.4, 0.5) is 0 Å². The van der Waals surface area contributed by atoms with Crippen molar-refractivity contribution in [2.75, 3.05) is 13.1 Å². The van der Waals surface area contributed by atoms with Crippen LogP contribution in [0.5, 0.6) is 0 Å². The smallest absolute Gasteiger partial charge is 0.0831 e. The summed E-state index contributed by atoms with van der Waals surface area (Å²) < 4.78 is 1.84. The van der Waals surface area contributed by atoms with E-state index < -0.39 is 0 Å². The first-order valence-electron chi connectivity index (χ1n) is 5.31. The van der Waals surface area contributed by atoms with Crippen molar-refractivity contribution in [3.8, 4) is 0 Å². The number of rotatable bonds is 2. The molecule has 6 heteroatoms. The van der Waals surface area contributed by atoms with Crippen LogP contribution in [0.2, 0.25) is 5.02 Å². The Kier molecular flexibility index (Phi) is 5.05. The molecule has 0 bridgehead atoms. The molecule has 0 radical (unpaired) electrons. The number of likely N-dealkylation sites (tertiary alicyclic amines) is 1. The van der Waals surface area contributed by atoms with Crippen molar-refractivity contribution in [2.45, 2.75) is 25.4 Å². The predicted octanol–water partition coefficient (Wildman–Crippen LogP) is 1.42. The molecule has 1 aliphatic rings. The fourth-order valence-corrected chi connectivity index (χ4v) is 2.29. The summed E-state index contributed by atoms with van der Waals surface area (Å²) in [4.78, 5) is 2.34. The molecule has 0 aromatic carbocycles. The molecule has 1 saturated heterocycles. The van der Waals surface area contributed by atoms with Gasteiger partial charge in [-0.2, -0.15) is 5.10 Å². The monoisotopic (exact) mass is 264 g/mol. The van der Waals surface area contributed by atoms with Gasteiger partial charge in [0.1, 0.15) is 0 Å². The van der Waals surface area contributed by atoms with Crippen LogP contribution < -0.4 is 5.73 Å². The van der Waals surface area contributed by atoms with Crippen LogP contribution in [0.25, 0.3) is 0 Å². The van der Waals surface area contributed by atoms with Crippen molar-refractivity contribution in [3.63, 3.8) is 0 Å². The van der Waals surface area contributed by atoms with E-state index >= 15 is 0 Å². The van der Waals surface area contributed by atoms with E-state index in [9.17, 15) is 0 Å². The van der Waals surface area contributed by atoms with Crippen molar-refractivity contribution in [3.05, 3.63) is 16.9 Å². The molecule has 1 atom stereocenters. The number of hydrogen-bond acceptors (Lipinski definition) is 3. The maximum atomic E-state index is 6.06. The summed E-state index contributed by atoms with van der Waals surface area (Å²) in [5, 5.41) is 4.87. The molecule has 1 aliphatic heterocycles. The van der Waals surface area contributed by atoms with Gasteiger partial charge in [0, 0.05) is 26.2 Å². The zero-order valence-corrected chi connectivity index (χ0v) is 11.0. The SMILES string of the molecule is Cl.Cn1ncc(Cl)c1CN1CCC[C@@H](N)C1. The molecule has 0 aliphatic carbocycles. The molecule has 0 spiro atoms. The molecule has 2 heterocycles. The lowest BCUT2D eigenvalue weighted by Gasteiger charge is -2.30. The predicted molar refractivity (Wildman–Crippen MR) is 68.0 cm³/mol. The highest BCUT2D eigenvalue weighted by molar-refractivity contribution is 6.31. The highest BCUT2D eigenvalue weighted by Crippen LogP contribution is 2.18. The minimum Gasteiger partial charge on any atom is -0.327 e. The fourth-order valence-electron chi connectivity index (χ4n) is 2.06. The quantitative estimate of drug-likeness (QED) is 0.879. The summed E-state index contributed by atoms with van der Waals surface area (Å²) in [5.41, 5.74) is 7.01. The molecule has 2 N–H and O–H groups in total. The topological polar surface area (TPSA) is 47.1 Å². The third-order valence-corrected chi connectivity index (χ3v) is 3.24. The average Bonchev–Trinajstić information content (AvgIpc) is 2.50. The van der Waals surface area contributed by atoms with Crippen LogP contribution in [-0.4, -0.2) is 33.8 Å². The summed E-state index contributed by atoms with van der Waals surface area (Å²) in [6, 6.07) is 0.311. The van der Waals surface area contributed by atoms with Crippen molar-refractivity contribution in [1.29, 1.82) is 0 Å². The van der Waals surface area contributed by atoms with E-state index in [0.29, 0.717) is 6.04 Å². The lowest BCUT2D eigenvalue weighted by Crippen LogP contribution is -2.42. The van der Waals surface area contributed by atoms with Crippen molar-refractivity contribution in [1.82, 2.24) is 14.7 Å². The Bertz CT molecular complexity index is 320. The molecular formula is C10H18Cl2N4. The second-order valence-corrected chi connectivity index (χ2v) is 4.61. The van der Waals surface area contributed by atoms with E-state index in [0.717, 1.165) is 36.8 Å². The van der Waals surface area contributed by atoms with Crippen LogP contribution in [0.15, 0.2) is 6.20 Å². The van der Waals surface area contributed by atoms with Crippen LogP contribution in [-0.2, 0) is 13.6 Å². The van der Waals surface area contributed by atoms with Gasteiger partial charge in [0.2, 0.25) is 0 Å².